The summed E-state index contributed by atoms with van der Waals surface area (Å²) in [7, 11) is 0. The zero-order valence-electron chi connectivity index (χ0n) is 10.2. The van der Waals surface area contributed by atoms with E-state index in [4.69, 9.17) is 5.11 Å². The van der Waals surface area contributed by atoms with Crippen LogP contribution in [0.5, 0.6) is 0 Å². The quantitative estimate of drug-likeness (QED) is 0.895. The summed E-state index contributed by atoms with van der Waals surface area (Å²) in [5.74, 6) is -1.19. The zero-order valence-corrected chi connectivity index (χ0v) is 10.2. The smallest absolute Gasteiger partial charge is 0.306 e. The van der Waals surface area contributed by atoms with Gasteiger partial charge in [-0.1, -0.05) is 43.3 Å². The first kappa shape index (κ1) is 12.3. The third-order valence-corrected chi connectivity index (χ3v) is 2.87. The Hall–Kier alpha value is -2.16. The molecule has 18 heavy (non-hydrogen) atoms. The van der Waals surface area contributed by atoms with Crippen molar-refractivity contribution in [3.05, 3.63) is 54.4 Å². The van der Waals surface area contributed by atoms with Gasteiger partial charge in [-0.15, -0.1) is 0 Å². The Morgan fingerprint density at radius 3 is 2.44 bits per heavy atom. The molecule has 0 spiro atoms. The molecule has 0 aliphatic carbocycles. The predicted octanol–water partition coefficient (Wildman–Crippen LogP) is 3.01. The molecule has 0 aliphatic heterocycles. The van der Waals surface area contributed by atoms with E-state index in [1.807, 2.05) is 42.5 Å². The van der Waals surface area contributed by atoms with Gasteiger partial charge in [0.1, 0.15) is 0 Å². The maximum absolute atomic E-state index is 10.8. The van der Waals surface area contributed by atoms with Crippen molar-refractivity contribution in [2.75, 3.05) is 0 Å². The van der Waals surface area contributed by atoms with Gasteiger partial charge in [0.05, 0.1) is 5.92 Å². The maximum atomic E-state index is 10.8. The highest BCUT2D eigenvalue weighted by atomic mass is 16.4. The molecule has 0 saturated carbocycles. The van der Waals surface area contributed by atoms with Crippen LogP contribution < -0.4 is 0 Å². The number of carbonyl (C=O) groups is 1. The van der Waals surface area contributed by atoms with Gasteiger partial charge in [-0.05, 0) is 11.6 Å². The van der Waals surface area contributed by atoms with E-state index in [9.17, 15) is 4.79 Å². The van der Waals surface area contributed by atoms with Gasteiger partial charge in [-0.25, -0.2) is 0 Å². The van der Waals surface area contributed by atoms with Crippen molar-refractivity contribution in [3.63, 3.8) is 0 Å². The average molecular weight is 241 g/mol. The maximum Gasteiger partial charge on any atom is 0.306 e. The summed E-state index contributed by atoms with van der Waals surface area (Å²) >= 11 is 0. The number of aliphatic carboxylic acids is 1. The number of nitrogens with zero attached hydrogens (tertiary/aromatic N) is 1. The summed E-state index contributed by atoms with van der Waals surface area (Å²) in [6.45, 7) is 1.69. The van der Waals surface area contributed by atoms with Gasteiger partial charge in [0.2, 0.25) is 0 Å². The summed E-state index contributed by atoms with van der Waals surface area (Å²) in [5.41, 5.74) is 2.97. The van der Waals surface area contributed by atoms with Crippen LogP contribution >= 0.6 is 0 Å². The Labute approximate surface area is 106 Å². The third-order valence-electron chi connectivity index (χ3n) is 2.87. The van der Waals surface area contributed by atoms with Gasteiger partial charge in [0.25, 0.3) is 0 Å². The summed E-state index contributed by atoms with van der Waals surface area (Å²) in [6, 6.07) is 13.9. The molecule has 1 atom stereocenters. The highest BCUT2D eigenvalue weighted by molar-refractivity contribution is 5.69. The van der Waals surface area contributed by atoms with Gasteiger partial charge in [0.15, 0.2) is 0 Å². The van der Waals surface area contributed by atoms with E-state index in [-0.39, 0.29) is 0 Å². The molecule has 0 bridgehead atoms. The van der Waals surface area contributed by atoms with Crippen molar-refractivity contribution in [1.82, 2.24) is 4.98 Å². The second-order valence-corrected chi connectivity index (χ2v) is 4.35. The van der Waals surface area contributed by atoms with Crippen molar-refractivity contribution < 1.29 is 9.90 Å². The Kier molecular flexibility index (Phi) is 3.72. The standard InChI is InChI=1S/C15H15NO2/c1-11(15(17)18)9-14-8-7-13(10-16-14)12-5-3-2-4-6-12/h2-8,10-11H,9H2,1H3,(H,17,18). The van der Waals surface area contributed by atoms with Crippen molar-refractivity contribution in [1.29, 1.82) is 0 Å². The van der Waals surface area contributed by atoms with Crippen LogP contribution in [0.1, 0.15) is 12.6 Å². The molecule has 1 N–H and O–H groups in total. The van der Waals surface area contributed by atoms with Gasteiger partial charge >= 0.3 is 5.97 Å². The molecule has 0 radical (unpaired) electrons. The van der Waals surface area contributed by atoms with Crippen LogP contribution in [-0.4, -0.2) is 16.1 Å². The number of carboxylic acid groups (broad SMARTS) is 1. The molecule has 0 aliphatic rings. The first-order valence-electron chi connectivity index (χ1n) is 5.90. The topological polar surface area (TPSA) is 50.2 Å². The van der Waals surface area contributed by atoms with Gasteiger partial charge < -0.3 is 5.11 Å². The molecule has 1 aromatic heterocycles. The van der Waals surface area contributed by atoms with E-state index in [1.165, 1.54) is 0 Å². The normalized spacial score (nSPS) is 12.1. The third kappa shape index (κ3) is 2.94. The molecule has 92 valence electrons. The highest BCUT2D eigenvalue weighted by Crippen LogP contribution is 2.18. The zero-order chi connectivity index (χ0) is 13.0. The van der Waals surface area contributed by atoms with Crippen molar-refractivity contribution in [2.45, 2.75) is 13.3 Å². The van der Waals surface area contributed by atoms with E-state index in [1.54, 1.807) is 13.1 Å². The second kappa shape index (κ2) is 5.45. The summed E-state index contributed by atoms with van der Waals surface area (Å²) in [5, 5.41) is 8.85. The second-order valence-electron chi connectivity index (χ2n) is 4.35. The van der Waals surface area contributed by atoms with Gasteiger partial charge in [-0.3, -0.25) is 9.78 Å². The van der Waals surface area contributed by atoms with Crippen LogP contribution in [0.4, 0.5) is 0 Å². The van der Waals surface area contributed by atoms with Crippen LogP contribution in [0, 0.1) is 5.92 Å². The lowest BCUT2D eigenvalue weighted by Gasteiger charge is -2.06. The largest absolute Gasteiger partial charge is 0.481 e. The first-order valence-corrected chi connectivity index (χ1v) is 5.90. The number of hydrogen-bond acceptors (Lipinski definition) is 2. The van der Waals surface area contributed by atoms with E-state index in [0.29, 0.717) is 6.42 Å². The predicted molar refractivity (Wildman–Crippen MR) is 70.2 cm³/mol. The van der Waals surface area contributed by atoms with E-state index >= 15 is 0 Å². The number of benzene rings is 1. The summed E-state index contributed by atoms with van der Waals surface area (Å²) in [6.07, 6.45) is 2.25. The van der Waals surface area contributed by atoms with Crippen molar-refractivity contribution in [2.24, 2.45) is 5.92 Å². The Bertz CT molecular complexity index is 520. The Balaban J connectivity index is 2.13. The number of aromatic nitrogens is 1. The van der Waals surface area contributed by atoms with E-state index in [2.05, 4.69) is 4.98 Å². The first-order chi connectivity index (χ1) is 8.66. The monoisotopic (exact) mass is 241 g/mol. The number of rotatable bonds is 4. The molecular formula is C15H15NO2. The molecule has 1 aromatic carbocycles. The van der Waals surface area contributed by atoms with Crippen LogP contribution in [0.3, 0.4) is 0 Å². The fraction of sp³-hybridized carbons (Fsp3) is 0.200. The van der Waals surface area contributed by atoms with Crippen molar-refractivity contribution in [3.8, 4) is 11.1 Å². The minimum atomic E-state index is -0.788. The molecule has 1 heterocycles. The fourth-order valence-electron chi connectivity index (χ4n) is 1.75. The summed E-state index contributed by atoms with van der Waals surface area (Å²) in [4.78, 5) is 15.1. The van der Waals surface area contributed by atoms with Crippen LogP contribution in [-0.2, 0) is 11.2 Å². The van der Waals surface area contributed by atoms with Crippen molar-refractivity contribution >= 4 is 5.97 Å². The molecule has 0 fully saturated rings. The number of carboxylic acids is 1. The van der Waals surface area contributed by atoms with Crippen LogP contribution in [0.2, 0.25) is 0 Å². The molecule has 3 nitrogen and oxygen atoms in total. The van der Waals surface area contributed by atoms with E-state index < -0.39 is 11.9 Å². The Morgan fingerprint density at radius 1 is 1.17 bits per heavy atom. The van der Waals surface area contributed by atoms with Crippen LogP contribution in [0.25, 0.3) is 11.1 Å². The van der Waals surface area contributed by atoms with Gasteiger partial charge in [-0.2, -0.15) is 0 Å². The molecule has 1 unspecified atom stereocenters. The van der Waals surface area contributed by atoms with E-state index in [0.717, 1.165) is 16.8 Å². The minimum absolute atomic E-state index is 0.403. The molecule has 2 rings (SSSR count). The number of hydrogen-bond donors (Lipinski definition) is 1. The lowest BCUT2D eigenvalue weighted by Crippen LogP contribution is -2.12. The highest BCUT2D eigenvalue weighted by Gasteiger charge is 2.12. The molecular weight excluding hydrogens is 226 g/mol. The lowest BCUT2D eigenvalue weighted by molar-refractivity contribution is -0.141. The molecule has 0 saturated heterocycles. The van der Waals surface area contributed by atoms with Gasteiger partial charge in [0, 0.05) is 23.9 Å². The number of pyridine rings is 1. The lowest BCUT2D eigenvalue weighted by atomic mass is 10.0. The molecule has 2 aromatic rings. The van der Waals surface area contributed by atoms with Crippen LogP contribution in [0.15, 0.2) is 48.7 Å². The minimum Gasteiger partial charge on any atom is -0.481 e. The fourth-order valence-corrected chi connectivity index (χ4v) is 1.75. The average Bonchev–Trinajstić information content (AvgIpc) is 2.40. The molecule has 0 amide bonds. The molecule has 3 heteroatoms. The SMILES string of the molecule is CC(Cc1ccc(-c2ccccc2)cn1)C(=O)O. The summed E-state index contributed by atoms with van der Waals surface area (Å²) < 4.78 is 0. The Morgan fingerprint density at radius 2 is 1.89 bits per heavy atom.